The third kappa shape index (κ3) is 8.49. The number of hydrogen-bond acceptors (Lipinski definition) is 5. The van der Waals surface area contributed by atoms with Crippen molar-refractivity contribution in [3.05, 3.63) is 85.3 Å². The second kappa shape index (κ2) is 13.5. The highest BCUT2D eigenvalue weighted by Gasteiger charge is 2.14. The molecule has 0 spiro atoms. The number of rotatable bonds is 10. The van der Waals surface area contributed by atoms with Gasteiger partial charge in [0.05, 0.1) is 17.3 Å². The molecule has 0 aromatic heterocycles. The van der Waals surface area contributed by atoms with Crippen LogP contribution in [0.2, 0.25) is 10.0 Å². The number of anilines is 1. The van der Waals surface area contributed by atoms with Gasteiger partial charge in [0.1, 0.15) is 13.0 Å². The molecule has 3 aromatic carbocycles. The number of nitrogens with one attached hydrogen (secondary N) is 2. The van der Waals surface area contributed by atoms with E-state index in [-0.39, 0.29) is 13.0 Å². The highest BCUT2D eigenvalue weighted by molar-refractivity contribution is 9.10. The second-order valence-corrected chi connectivity index (χ2v) is 9.82. The number of hydrogen-bond donors (Lipinski definition) is 2. The fourth-order valence-electron chi connectivity index (χ4n) is 3.37. The lowest BCUT2D eigenvalue weighted by Crippen LogP contribution is -2.24. The lowest BCUT2D eigenvalue weighted by atomic mass is 10.1. The standard InChI is InChI=1S/C27H26BrCl2N3O4/c1-4-36-24-11-18(10-21(28)27(24)37-15-19-6-7-20(29)12-22(19)30)14-31-33-26(35)13-25(34)32-23-8-5-16(2)9-17(23)3/h5-12,14H,4,13,15H2,1-3H3,(H,32,34)(H,33,35). The Morgan fingerprint density at radius 3 is 2.51 bits per heavy atom. The highest BCUT2D eigenvalue weighted by atomic mass is 79.9. The van der Waals surface area contributed by atoms with Gasteiger partial charge in [-0.25, -0.2) is 5.43 Å². The normalized spacial score (nSPS) is 10.9. The molecule has 3 aromatic rings. The molecule has 2 amide bonds. The predicted octanol–water partition coefficient (Wildman–Crippen LogP) is 6.83. The molecule has 0 fully saturated rings. The number of nitrogens with zero attached hydrogens (tertiary/aromatic N) is 1. The van der Waals surface area contributed by atoms with E-state index in [1.54, 1.807) is 30.3 Å². The summed E-state index contributed by atoms with van der Waals surface area (Å²) in [7, 11) is 0. The van der Waals surface area contributed by atoms with E-state index >= 15 is 0 Å². The van der Waals surface area contributed by atoms with E-state index in [4.69, 9.17) is 32.7 Å². The van der Waals surface area contributed by atoms with E-state index in [1.807, 2.05) is 39.0 Å². The Morgan fingerprint density at radius 1 is 1.03 bits per heavy atom. The minimum absolute atomic E-state index is 0.211. The van der Waals surface area contributed by atoms with Crippen LogP contribution in [0.4, 0.5) is 5.69 Å². The van der Waals surface area contributed by atoms with Gasteiger partial charge in [0, 0.05) is 21.3 Å². The first kappa shape index (κ1) is 28.5. The molecule has 0 atom stereocenters. The number of aryl methyl sites for hydroxylation is 2. The minimum atomic E-state index is -0.539. The molecule has 3 rings (SSSR count). The Morgan fingerprint density at radius 2 is 1.81 bits per heavy atom. The van der Waals surface area contributed by atoms with Gasteiger partial charge in [0.25, 0.3) is 0 Å². The van der Waals surface area contributed by atoms with Gasteiger partial charge in [-0.1, -0.05) is 47.0 Å². The average molecular weight is 607 g/mol. The molecule has 0 radical (unpaired) electrons. The van der Waals surface area contributed by atoms with Gasteiger partial charge in [0.15, 0.2) is 11.5 Å². The molecule has 0 aliphatic rings. The van der Waals surface area contributed by atoms with E-state index in [1.165, 1.54) is 6.21 Å². The van der Waals surface area contributed by atoms with Crippen LogP contribution in [-0.2, 0) is 16.2 Å². The molecule has 0 aliphatic carbocycles. The summed E-state index contributed by atoms with van der Waals surface area (Å²) in [6, 6.07) is 14.4. The van der Waals surface area contributed by atoms with Crippen molar-refractivity contribution in [3.8, 4) is 11.5 Å². The first-order valence-electron chi connectivity index (χ1n) is 11.4. The predicted molar refractivity (Wildman–Crippen MR) is 151 cm³/mol. The highest BCUT2D eigenvalue weighted by Crippen LogP contribution is 2.37. The summed E-state index contributed by atoms with van der Waals surface area (Å²) < 4.78 is 12.3. The molecular weight excluding hydrogens is 581 g/mol. The first-order valence-corrected chi connectivity index (χ1v) is 12.9. The Bertz CT molecular complexity index is 1330. The van der Waals surface area contributed by atoms with Crippen molar-refractivity contribution in [2.24, 2.45) is 5.10 Å². The lowest BCUT2D eigenvalue weighted by Gasteiger charge is -2.15. The fourth-order valence-corrected chi connectivity index (χ4v) is 4.40. The number of carbonyl (C=O) groups excluding carboxylic acids is 2. The number of halogens is 3. The lowest BCUT2D eigenvalue weighted by molar-refractivity contribution is -0.126. The summed E-state index contributed by atoms with van der Waals surface area (Å²) in [5.41, 5.74) is 6.47. The van der Waals surface area contributed by atoms with E-state index < -0.39 is 11.8 Å². The van der Waals surface area contributed by atoms with Crippen LogP contribution in [0.1, 0.15) is 35.6 Å². The number of benzene rings is 3. The van der Waals surface area contributed by atoms with Gasteiger partial charge >= 0.3 is 0 Å². The van der Waals surface area contributed by atoms with Gasteiger partial charge in [-0.3, -0.25) is 9.59 Å². The third-order valence-corrected chi connectivity index (χ3v) is 6.27. The molecule has 0 heterocycles. The van der Waals surface area contributed by atoms with Crippen LogP contribution in [-0.4, -0.2) is 24.6 Å². The smallest absolute Gasteiger partial charge is 0.249 e. The Balaban J connectivity index is 1.61. The molecule has 0 unspecified atom stereocenters. The van der Waals surface area contributed by atoms with Gasteiger partial charge in [-0.05, 0) is 78.2 Å². The maximum atomic E-state index is 12.2. The second-order valence-electron chi connectivity index (χ2n) is 8.12. The largest absolute Gasteiger partial charge is 0.490 e. The SMILES string of the molecule is CCOc1cc(C=NNC(=O)CC(=O)Nc2ccc(C)cc2C)cc(Br)c1OCc1ccc(Cl)cc1Cl. The third-order valence-electron chi connectivity index (χ3n) is 5.10. The van der Waals surface area contributed by atoms with Crippen molar-refractivity contribution >= 4 is 62.8 Å². The molecular formula is C27H26BrCl2N3O4. The maximum absolute atomic E-state index is 12.2. The van der Waals surface area contributed by atoms with E-state index in [2.05, 4.69) is 31.8 Å². The van der Waals surface area contributed by atoms with Crippen LogP contribution in [0.5, 0.6) is 11.5 Å². The Hall–Kier alpha value is -3.07. The molecule has 0 saturated carbocycles. The van der Waals surface area contributed by atoms with Crippen molar-refractivity contribution in [3.63, 3.8) is 0 Å². The number of ether oxygens (including phenoxy) is 2. The fraction of sp³-hybridized carbons (Fsp3) is 0.222. The topological polar surface area (TPSA) is 89.0 Å². The van der Waals surface area contributed by atoms with Gasteiger partial charge in [-0.15, -0.1) is 0 Å². The van der Waals surface area contributed by atoms with Crippen LogP contribution >= 0.6 is 39.1 Å². The van der Waals surface area contributed by atoms with Crippen LogP contribution in [0.15, 0.2) is 58.1 Å². The maximum Gasteiger partial charge on any atom is 0.249 e. The van der Waals surface area contributed by atoms with Crippen molar-refractivity contribution in [1.29, 1.82) is 0 Å². The van der Waals surface area contributed by atoms with Crippen LogP contribution in [0.3, 0.4) is 0 Å². The van der Waals surface area contributed by atoms with Gasteiger partial charge < -0.3 is 14.8 Å². The van der Waals surface area contributed by atoms with E-state index in [0.717, 1.165) is 16.7 Å². The zero-order valence-electron chi connectivity index (χ0n) is 20.5. The minimum Gasteiger partial charge on any atom is -0.490 e. The van der Waals surface area contributed by atoms with E-state index in [0.29, 0.717) is 43.9 Å². The molecule has 0 aliphatic heterocycles. The van der Waals surface area contributed by atoms with Crippen molar-refractivity contribution < 1.29 is 19.1 Å². The summed E-state index contributed by atoms with van der Waals surface area (Å²) in [6.45, 7) is 6.35. The molecule has 37 heavy (non-hydrogen) atoms. The average Bonchev–Trinajstić information content (AvgIpc) is 2.81. The Kier molecular flexibility index (Phi) is 10.4. The molecule has 194 valence electrons. The van der Waals surface area contributed by atoms with Crippen molar-refractivity contribution in [1.82, 2.24) is 5.43 Å². The quantitative estimate of drug-likeness (QED) is 0.150. The first-order chi connectivity index (χ1) is 17.7. The van der Waals surface area contributed by atoms with Crippen LogP contribution in [0.25, 0.3) is 0 Å². The molecule has 0 bridgehead atoms. The number of carbonyl (C=O) groups is 2. The summed E-state index contributed by atoms with van der Waals surface area (Å²) in [6.07, 6.45) is 1.09. The Labute approximate surface area is 234 Å². The summed E-state index contributed by atoms with van der Waals surface area (Å²) in [5.74, 6) is 0.0189. The number of hydrazone groups is 1. The zero-order chi connectivity index (χ0) is 26.9. The molecule has 7 nitrogen and oxygen atoms in total. The van der Waals surface area contributed by atoms with Crippen molar-refractivity contribution in [2.75, 3.05) is 11.9 Å². The van der Waals surface area contributed by atoms with E-state index in [9.17, 15) is 9.59 Å². The number of amides is 2. The monoisotopic (exact) mass is 605 g/mol. The van der Waals surface area contributed by atoms with Crippen molar-refractivity contribution in [2.45, 2.75) is 33.8 Å². The molecule has 10 heteroatoms. The zero-order valence-corrected chi connectivity index (χ0v) is 23.6. The summed E-state index contributed by atoms with van der Waals surface area (Å²) in [5, 5.41) is 7.75. The van der Waals surface area contributed by atoms with Gasteiger partial charge in [-0.2, -0.15) is 5.10 Å². The van der Waals surface area contributed by atoms with Gasteiger partial charge in [0.2, 0.25) is 11.8 Å². The summed E-state index contributed by atoms with van der Waals surface area (Å²) in [4.78, 5) is 24.4. The van der Waals surface area contributed by atoms with Crippen LogP contribution in [0, 0.1) is 13.8 Å². The summed E-state index contributed by atoms with van der Waals surface area (Å²) >= 11 is 15.7. The molecule has 0 saturated heterocycles. The van der Waals surface area contributed by atoms with Crippen LogP contribution < -0.4 is 20.2 Å². The molecule has 2 N–H and O–H groups in total.